The molecule has 0 bridgehead atoms. The van der Waals surface area contributed by atoms with Gasteiger partial charge >= 0.3 is 0 Å². The van der Waals surface area contributed by atoms with Crippen molar-refractivity contribution in [2.45, 2.75) is 0 Å². The molecule has 0 N–H and O–H groups in total. The minimum absolute atomic E-state index is 0.951. The first-order valence-corrected chi connectivity index (χ1v) is 5.95. The lowest BCUT2D eigenvalue weighted by Crippen LogP contribution is -1.69. The van der Waals surface area contributed by atoms with E-state index in [-0.39, 0.29) is 0 Å². The van der Waals surface area contributed by atoms with Gasteiger partial charge in [-0.1, -0.05) is 36.4 Å². The van der Waals surface area contributed by atoms with E-state index < -0.39 is 0 Å². The summed E-state index contributed by atoms with van der Waals surface area (Å²) >= 11 is 0. The van der Waals surface area contributed by atoms with Crippen LogP contribution in [0.5, 0.6) is 0 Å². The van der Waals surface area contributed by atoms with Crippen LogP contribution in [-0.4, -0.2) is 9.97 Å². The van der Waals surface area contributed by atoms with Gasteiger partial charge in [-0.05, 0) is 18.2 Å². The second-order valence-electron chi connectivity index (χ2n) is 4.39. The molecule has 2 aliphatic rings. The highest BCUT2D eigenvalue weighted by molar-refractivity contribution is 5.99. The average Bonchev–Trinajstić information content (AvgIpc) is 2.65. The summed E-state index contributed by atoms with van der Waals surface area (Å²) < 4.78 is 0. The van der Waals surface area contributed by atoms with Crippen LogP contribution in [0.3, 0.4) is 0 Å². The van der Waals surface area contributed by atoms with E-state index in [1.807, 2.05) is 42.6 Å². The van der Waals surface area contributed by atoms with Crippen LogP contribution in [0.15, 0.2) is 60.8 Å². The Bertz CT molecular complexity index is 830. The van der Waals surface area contributed by atoms with E-state index >= 15 is 0 Å². The quantitative estimate of drug-likeness (QED) is 0.458. The molecule has 2 nitrogen and oxygen atoms in total. The van der Waals surface area contributed by atoms with Crippen LogP contribution in [0.4, 0.5) is 0 Å². The Labute approximate surface area is 104 Å². The Balaban J connectivity index is 2.23. The maximum absolute atomic E-state index is 4.62. The lowest BCUT2D eigenvalue weighted by atomic mass is 10.1. The fourth-order valence-corrected chi connectivity index (χ4v) is 2.39. The first kappa shape index (κ1) is 9.54. The highest BCUT2D eigenvalue weighted by Crippen LogP contribution is 2.31. The molecule has 2 aliphatic heterocycles. The number of hydrogen-bond donors (Lipinski definition) is 0. The monoisotopic (exact) mass is 230 g/mol. The van der Waals surface area contributed by atoms with Gasteiger partial charge in [0, 0.05) is 16.3 Å². The number of aromatic nitrogens is 2. The van der Waals surface area contributed by atoms with Crippen molar-refractivity contribution in [3.8, 4) is 11.3 Å². The molecule has 84 valence electrons. The van der Waals surface area contributed by atoms with Crippen molar-refractivity contribution < 1.29 is 0 Å². The van der Waals surface area contributed by atoms with Crippen molar-refractivity contribution in [2.75, 3.05) is 0 Å². The van der Waals surface area contributed by atoms with Crippen molar-refractivity contribution in [1.29, 1.82) is 0 Å². The largest absolute Gasteiger partial charge is 0.254 e. The summed E-state index contributed by atoms with van der Waals surface area (Å²) in [5, 5.41) is 2.33. The molecule has 2 aromatic carbocycles. The average molecular weight is 230 g/mol. The topological polar surface area (TPSA) is 25.8 Å². The van der Waals surface area contributed by atoms with E-state index in [1.165, 1.54) is 10.9 Å². The third-order valence-electron chi connectivity index (χ3n) is 3.27. The zero-order chi connectivity index (χ0) is 11.9. The molecule has 0 aromatic heterocycles. The Kier molecular flexibility index (Phi) is 1.86. The summed E-state index contributed by atoms with van der Waals surface area (Å²) in [6.07, 6.45) is 1.86. The number of rotatable bonds is 0. The van der Waals surface area contributed by atoms with Gasteiger partial charge in [0.05, 0.1) is 22.9 Å². The van der Waals surface area contributed by atoms with Crippen molar-refractivity contribution in [3.63, 3.8) is 0 Å². The molecule has 0 saturated heterocycles. The summed E-state index contributed by atoms with van der Waals surface area (Å²) in [4.78, 5) is 9.12. The van der Waals surface area contributed by atoms with Gasteiger partial charge in [-0.25, -0.2) is 4.98 Å². The maximum Gasteiger partial charge on any atom is 0.0899 e. The van der Waals surface area contributed by atoms with Crippen molar-refractivity contribution in [3.05, 3.63) is 60.8 Å². The molecule has 2 heterocycles. The summed E-state index contributed by atoms with van der Waals surface area (Å²) in [7, 11) is 0. The minimum Gasteiger partial charge on any atom is -0.254 e. The molecule has 0 amide bonds. The molecule has 2 heteroatoms. The van der Waals surface area contributed by atoms with E-state index in [9.17, 15) is 0 Å². The molecular formula is C16H10N2. The third-order valence-corrected chi connectivity index (χ3v) is 3.27. The fraction of sp³-hybridized carbons (Fsp3) is 0. The van der Waals surface area contributed by atoms with E-state index in [4.69, 9.17) is 0 Å². The van der Waals surface area contributed by atoms with Crippen LogP contribution in [0.2, 0.25) is 0 Å². The lowest BCUT2D eigenvalue weighted by Gasteiger charge is -1.91. The number of nitrogens with zero attached hydrogens (tertiary/aromatic N) is 2. The summed E-state index contributed by atoms with van der Waals surface area (Å²) in [6, 6.07) is 18.5. The number of hydrogen-bond acceptors (Lipinski definition) is 2. The van der Waals surface area contributed by atoms with Gasteiger partial charge in [0.2, 0.25) is 0 Å². The van der Waals surface area contributed by atoms with Crippen LogP contribution < -0.4 is 0 Å². The number of fused-ring (bicyclic) bond motifs is 4. The van der Waals surface area contributed by atoms with E-state index in [1.54, 1.807) is 0 Å². The van der Waals surface area contributed by atoms with Gasteiger partial charge < -0.3 is 0 Å². The first-order valence-electron chi connectivity index (χ1n) is 5.95. The summed E-state index contributed by atoms with van der Waals surface area (Å²) in [6.45, 7) is 0. The predicted molar refractivity (Wildman–Crippen MR) is 73.7 cm³/mol. The molecule has 0 aliphatic carbocycles. The molecule has 0 unspecified atom stereocenters. The van der Waals surface area contributed by atoms with E-state index in [0.717, 1.165) is 22.1 Å². The zero-order valence-corrected chi connectivity index (χ0v) is 9.67. The van der Waals surface area contributed by atoms with Crippen molar-refractivity contribution in [2.24, 2.45) is 0 Å². The van der Waals surface area contributed by atoms with Crippen LogP contribution >= 0.6 is 0 Å². The Morgan fingerprint density at radius 2 is 1.56 bits per heavy atom. The highest BCUT2D eigenvalue weighted by Gasteiger charge is 2.10. The van der Waals surface area contributed by atoms with Gasteiger partial charge in [0.1, 0.15) is 0 Å². The molecule has 2 aromatic rings. The van der Waals surface area contributed by atoms with Crippen LogP contribution in [0.25, 0.3) is 33.1 Å². The second kappa shape index (κ2) is 3.50. The van der Waals surface area contributed by atoms with Crippen molar-refractivity contribution in [1.82, 2.24) is 9.97 Å². The van der Waals surface area contributed by atoms with E-state index in [2.05, 4.69) is 28.2 Å². The third kappa shape index (κ3) is 1.29. The summed E-state index contributed by atoms with van der Waals surface area (Å²) in [5.41, 5.74) is 4.15. The van der Waals surface area contributed by atoms with Gasteiger partial charge in [0.25, 0.3) is 0 Å². The lowest BCUT2D eigenvalue weighted by molar-refractivity contribution is 1.38. The predicted octanol–water partition coefficient (Wildman–Crippen LogP) is 3.89. The molecule has 18 heavy (non-hydrogen) atoms. The summed E-state index contributed by atoms with van der Waals surface area (Å²) in [5.74, 6) is 0. The van der Waals surface area contributed by atoms with Crippen LogP contribution in [0.1, 0.15) is 0 Å². The zero-order valence-electron chi connectivity index (χ0n) is 9.67. The minimum atomic E-state index is 0.951. The Hall–Kier alpha value is -2.48. The van der Waals surface area contributed by atoms with Gasteiger partial charge in [0.15, 0.2) is 0 Å². The second-order valence-corrected chi connectivity index (χ2v) is 4.39. The smallest absolute Gasteiger partial charge is 0.0899 e. The molecule has 0 saturated carbocycles. The van der Waals surface area contributed by atoms with E-state index in [0.29, 0.717) is 0 Å². The molecular weight excluding hydrogens is 220 g/mol. The fourth-order valence-electron chi connectivity index (χ4n) is 2.39. The maximum atomic E-state index is 4.62. The standard InChI is InChI=1S/C16H10N2/c1-3-7-14-11(5-1)9-13-12-6-2-4-8-15(12)18-16(13)10-17-14/h1-10H. The molecule has 0 fully saturated rings. The first-order chi connectivity index (χ1) is 8.92. The normalized spacial score (nSPS) is 11.3. The van der Waals surface area contributed by atoms with Crippen molar-refractivity contribution >= 4 is 21.8 Å². The van der Waals surface area contributed by atoms with Crippen LogP contribution in [0, 0.1) is 0 Å². The molecule has 0 spiro atoms. The highest BCUT2D eigenvalue weighted by atomic mass is 14.8. The SMILES string of the molecule is c1ccc2ncc3nc4ccccc4c-3cc2c1. The Morgan fingerprint density at radius 1 is 0.778 bits per heavy atom. The van der Waals surface area contributed by atoms with Crippen LogP contribution in [-0.2, 0) is 0 Å². The number of benzene rings is 2. The van der Waals surface area contributed by atoms with Gasteiger partial charge in [-0.2, -0.15) is 0 Å². The Morgan fingerprint density at radius 3 is 2.50 bits per heavy atom. The molecule has 0 radical (unpaired) electrons. The number of para-hydroxylation sites is 2. The molecule has 4 rings (SSSR count). The van der Waals surface area contributed by atoms with Gasteiger partial charge in [-0.15, -0.1) is 0 Å². The van der Waals surface area contributed by atoms with Gasteiger partial charge in [-0.3, -0.25) is 4.98 Å². The molecule has 0 atom stereocenters.